The standard InChI is InChI=1S/C15H23BrClN/c1-4-11(5-2)9-15(18-6-3)13-8-7-12(16)10-14(13)17/h7-8,10-11,15,18H,4-6,9H2,1-3H3. The van der Waals surface area contributed by atoms with Crippen molar-refractivity contribution in [3.63, 3.8) is 0 Å². The van der Waals surface area contributed by atoms with Gasteiger partial charge in [-0.3, -0.25) is 0 Å². The van der Waals surface area contributed by atoms with Gasteiger partial charge >= 0.3 is 0 Å². The van der Waals surface area contributed by atoms with Crippen LogP contribution in [-0.2, 0) is 0 Å². The minimum atomic E-state index is 0.362. The normalized spacial score (nSPS) is 13.0. The second-order valence-electron chi connectivity index (χ2n) is 4.69. The van der Waals surface area contributed by atoms with Crippen molar-refractivity contribution >= 4 is 27.5 Å². The van der Waals surface area contributed by atoms with Crippen LogP contribution in [0.2, 0.25) is 5.02 Å². The van der Waals surface area contributed by atoms with E-state index in [4.69, 9.17) is 11.6 Å². The van der Waals surface area contributed by atoms with Crippen LogP contribution in [0, 0.1) is 5.92 Å². The topological polar surface area (TPSA) is 12.0 Å². The molecule has 0 aliphatic carbocycles. The number of benzene rings is 1. The molecular formula is C15H23BrClN. The van der Waals surface area contributed by atoms with Crippen LogP contribution >= 0.6 is 27.5 Å². The lowest BCUT2D eigenvalue weighted by Gasteiger charge is -2.24. The third kappa shape index (κ3) is 4.56. The van der Waals surface area contributed by atoms with E-state index >= 15 is 0 Å². The Balaban J connectivity index is 2.89. The molecule has 1 unspecified atom stereocenters. The molecule has 1 nitrogen and oxygen atoms in total. The first-order chi connectivity index (χ1) is 8.62. The predicted octanol–water partition coefficient (Wildman–Crippen LogP) is 5.58. The first kappa shape index (κ1) is 16.0. The van der Waals surface area contributed by atoms with Gasteiger partial charge in [-0.25, -0.2) is 0 Å². The fraction of sp³-hybridized carbons (Fsp3) is 0.600. The Morgan fingerprint density at radius 2 is 1.89 bits per heavy atom. The summed E-state index contributed by atoms with van der Waals surface area (Å²) < 4.78 is 1.04. The second-order valence-corrected chi connectivity index (χ2v) is 6.02. The van der Waals surface area contributed by atoms with E-state index in [1.54, 1.807) is 0 Å². The average molecular weight is 333 g/mol. The van der Waals surface area contributed by atoms with Crippen LogP contribution in [0.5, 0.6) is 0 Å². The molecule has 0 saturated heterocycles. The molecule has 0 bridgehead atoms. The van der Waals surface area contributed by atoms with E-state index in [0.717, 1.165) is 28.4 Å². The summed E-state index contributed by atoms with van der Waals surface area (Å²) in [7, 11) is 0. The van der Waals surface area contributed by atoms with Crippen LogP contribution in [0.25, 0.3) is 0 Å². The number of hydrogen-bond donors (Lipinski definition) is 1. The number of rotatable bonds is 7. The Morgan fingerprint density at radius 3 is 2.39 bits per heavy atom. The minimum Gasteiger partial charge on any atom is -0.310 e. The van der Waals surface area contributed by atoms with E-state index in [2.05, 4.69) is 54.2 Å². The van der Waals surface area contributed by atoms with Gasteiger partial charge in [0.25, 0.3) is 0 Å². The van der Waals surface area contributed by atoms with Crippen LogP contribution < -0.4 is 5.32 Å². The lowest BCUT2D eigenvalue weighted by Crippen LogP contribution is -2.23. The molecule has 0 aliphatic heterocycles. The van der Waals surface area contributed by atoms with Crippen molar-refractivity contribution in [2.45, 2.75) is 46.1 Å². The maximum Gasteiger partial charge on any atom is 0.0465 e. The van der Waals surface area contributed by atoms with Crippen LogP contribution in [0.3, 0.4) is 0 Å². The Bertz CT molecular complexity index is 364. The van der Waals surface area contributed by atoms with Crippen LogP contribution in [0.1, 0.15) is 51.6 Å². The Morgan fingerprint density at radius 1 is 1.22 bits per heavy atom. The molecule has 0 fully saturated rings. The molecule has 102 valence electrons. The molecule has 1 atom stereocenters. The van der Waals surface area contributed by atoms with Crippen LogP contribution in [0.4, 0.5) is 0 Å². The molecule has 1 aromatic rings. The van der Waals surface area contributed by atoms with Crippen molar-refractivity contribution in [1.82, 2.24) is 5.32 Å². The van der Waals surface area contributed by atoms with Gasteiger partial charge in [0.05, 0.1) is 0 Å². The van der Waals surface area contributed by atoms with Gasteiger partial charge in [-0.1, -0.05) is 67.2 Å². The summed E-state index contributed by atoms with van der Waals surface area (Å²) in [5.41, 5.74) is 1.22. The summed E-state index contributed by atoms with van der Waals surface area (Å²) in [6.07, 6.45) is 3.61. The molecule has 0 amide bonds. The zero-order valence-electron chi connectivity index (χ0n) is 11.5. The molecule has 0 heterocycles. The molecule has 1 aromatic carbocycles. The van der Waals surface area contributed by atoms with Gasteiger partial charge in [-0.2, -0.15) is 0 Å². The zero-order valence-corrected chi connectivity index (χ0v) is 13.8. The molecule has 0 aromatic heterocycles. The van der Waals surface area contributed by atoms with E-state index < -0.39 is 0 Å². The monoisotopic (exact) mass is 331 g/mol. The summed E-state index contributed by atoms with van der Waals surface area (Å²) >= 11 is 9.82. The molecule has 0 saturated carbocycles. The van der Waals surface area contributed by atoms with E-state index in [0.29, 0.717) is 6.04 Å². The fourth-order valence-electron chi connectivity index (χ4n) is 2.31. The first-order valence-electron chi connectivity index (χ1n) is 6.80. The highest BCUT2D eigenvalue weighted by Crippen LogP contribution is 2.31. The smallest absolute Gasteiger partial charge is 0.0465 e. The highest BCUT2D eigenvalue weighted by molar-refractivity contribution is 9.10. The van der Waals surface area contributed by atoms with Crippen molar-refractivity contribution in [2.75, 3.05) is 6.54 Å². The van der Waals surface area contributed by atoms with Crippen LogP contribution in [-0.4, -0.2) is 6.54 Å². The average Bonchev–Trinajstić information content (AvgIpc) is 2.35. The van der Waals surface area contributed by atoms with Crippen molar-refractivity contribution in [2.24, 2.45) is 5.92 Å². The summed E-state index contributed by atoms with van der Waals surface area (Å²) in [5.74, 6) is 0.758. The molecule has 0 spiro atoms. The summed E-state index contributed by atoms with van der Waals surface area (Å²) in [5, 5.41) is 4.41. The van der Waals surface area contributed by atoms with Gasteiger partial charge in [0.2, 0.25) is 0 Å². The molecule has 0 aliphatic rings. The lowest BCUT2D eigenvalue weighted by molar-refractivity contribution is 0.375. The number of nitrogens with one attached hydrogen (secondary N) is 1. The molecule has 0 radical (unpaired) electrons. The van der Waals surface area contributed by atoms with Gasteiger partial charge < -0.3 is 5.32 Å². The van der Waals surface area contributed by atoms with E-state index in [1.165, 1.54) is 18.4 Å². The molecular weight excluding hydrogens is 310 g/mol. The quantitative estimate of drug-likeness (QED) is 0.687. The second kappa shape index (κ2) is 8.19. The predicted molar refractivity (Wildman–Crippen MR) is 84.3 cm³/mol. The van der Waals surface area contributed by atoms with Gasteiger partial charge in [0.1, 0.15) is 0 Å². The third-order valence-corrected chi connectivity index (χ3v) is 4.33. The molecule has 1 rings (SSSR count). The zero-order chi connectivity index (χ0) is 13.5. The van der Waals surface area contributed by atoms with Gasteiger partial charge in [0, 0.05) is 15.5 Å². The van der Waals surface area contributed by atoms with E-state index in [-0.39, 0.29) is 0 Å². The largest absolute Gasteiger partial charge is 0.310 e. The Hall–Kier alpha value is -0.0500. The van der Waals surface area contributed by atoms with Crippen LogP contribution in [0.15, 0.2) is 22.7 Å². The maximum absolute atomic E-state index is 6.36. The Kier molecular flexibility index (Phi) is 7.28. The lowest BCUT2D eigenvalue weighted by atomic mass is 9.91. The van der Waals surface area contributed by atoms with Crippen molar-refractivity contribution in [3.05, 3.63) is 33.3 Å². The maximum atomic E-state index is 6.36. The highest BCUT2D eigenvalue weighted by atomic mass is 79.9. The first-order valence-corrected chi connectivity index (χ1v) is 7.97. The molecule has 3 heteroatoms. The van der Waals surface area contributed by atoms with Gasteiger partial charge in [-0.05, 0) is 36.6 Å². The van der Waals surface area contributed by atoms with Crippen molar-refractivity contribution in [1.29, 1.82) is 0 Å². The number of hydrogen-bond acceptors (Lipinski definition) is 1. The number of halogens is 2. The van der Waals surface area contributed by atoms with Gasteiger partial charge in [-0.15, -0.1) is 0 Å². The van der Waals surface area contributed by atoms with E-state index in [1.807, 2.05) is 6.07 Å². The summed E-state index contributed by atoms with van der Waals surface area (Å²) in [4.78, 5) is 0. The Labute approximate surface area is 124 Å². The molecule has 18 heavy (non-hydrogen) atoms. The molecule has 1 N–H and O–H groups in total. The highest BCUT2D eigenvalue weighted by Gasteiger charge is 2.17. The van der Waals surface area contributed by atoms with Crippen molar-refractivity contribution < 1.29 is 0 Å². The minimum absolute atomic E-state index is 0.362. The van der Waals surface area contributed by atoms with E-state index in [9.17, 15) is 0 Å². The van der Waals surface area contributed by atoms with Crippen molar-refractivity contribution in [3.8, 4) is 0 Å². The fourth-order valence-corrected chi connectivity index (χ4v) is 3.11. The summed E-state index contributed by atoms with van der Waals surface area (Å²) in [6.45, 7) is 7.64. The third-order valence-electron chi connectivity index (χ3n) is 3.51. The summed E-state index contributed by atoms with van der Waals surface area (Å²) in [6, 6.07) is 6.54. The van der Waals surface area contributed by atoms with Gasteiger partial charge in [0.15, 0.2) is 0 Å². The SMILES string of the molecule is CCNC(CC(CC)CC)c1ccc(Br)cc1Cl.